The zero-order chi connectivity index (χ0) is 16.9. The van der Waals surface area contributed by atoms with Crippen LogP contribution in [-0.2, 0) is 24.2 Å². The first kappa shape index (κ1) is 17.7. The van der Waals surface area contributed by atoms with E-state index in [1.165, 1.54) is 30.0 Å². The quantitative estimate of drug-likeness (QED) is 0.767. The van der Waals surface area contributed by atoms with Crippen molar-refractivity contribution in [2.24, 2.45) is 0 Å². The number of hydrogen-bond acceptors (Lipinski definition) is 6. The van der Waals surface area contributed by atoms with Crippen LogP contribution in [0.3, 0.4) is 0 Å². The van der Waals surface area contributed by atoms with Gasteiger partial charge in [-0.1, -0.05) is 12.1 Å². The van der Waals surface area contributed by atoms with E-state index in [1.54, 1.807) is 6.07 Å². The van der Waals surface area contributed by atoms with Crippen LogP contribution in [0.2, 0.25) is 0 Å². The van der Waals surface area contributed by atoms with Crippen LogP contribution >= 0.6 is 11.8 Å². The molecule has 0 spiro atoms. The van der Waals surface area contributed by atoms with Gasteiger partial charge in [0, 0.05) is 5.25 Å². The second kappa shape index (κ2) is 7.78. The summed E-state index contributed by atoms with van der Waals surface area (Å²) in [5.41, 5.74) is 0.0130. The molecule has 0 unspecified atom stereocenters. The molecule has 1 aliphatic heterocycles. The van der Waals surface area contributed by atoms with Gasteiger partial charge in [0.05, 0.1) is 22.9 Å². The van der Waals surface area contributed by atoms with E-state index >= 15 is 0 Å². The minimum absolute atomic E-state index is 0.0130. The number of carbonyl (C=O) groups excluding carboxylic acids is 2. The van der Waals surface area contributed by atoms with Crippen molar-refractivity contribution in [1.29, 1.82) is 0 Å². The summed E-state index contributed by atoms with van der Waals surface area (Å²) in [6.45, 7) is -0.517. The maximum absolute atomic E-state index is 13.3. The van der Waals surface area contributed by atoms with Crippen molar-refractivity contribution in [1.82, 2.24) is 0 Å². The molecule has 0 aromatic heterocycles. The minimum atomic E-state index is -2.98. The Morgan fingerprint density at radius 1 is 1.35 bits per heavy atom. The Kier molecular flexibility index (Phi) is 6.00. The average Bonchev–Trinajstić information content (AvgIpc) is 2.85. The monoisotopic (exact) mass is 361 g/mol. The van der Waals surface area contributed by atoms with Gasteiger partial charge >= 0.3 is 5.97 Å². The third-order valence-corrected chi connectivity index (χ3v) is 6.39. The van der Waals surface area contributed by atoms with Crippen LogP contribution in [0.1, 0.15) is 6.42 Å². The maximum atomic E-state index is 13.3. The van der Waals surface area contributed by atoms with E-state index in [2.05, 4.69) is 5.32 Å². The molecule has 1 atom stereocenters. The summed E-state index contributed by atoms with van der Waals surface area (Å²) < 4.78 is 40.7. The third-order valence-electron chi connectivity index (χ3n) is 3.14. The molecule has 1 heterocycles. The number of ether oxygens (including phenoxy) is 1. The lowest BCUT2D eigenvalue weighted by atomic mass is 10.3. The number of esters is 1. The number of thioether (sulfide) groups is 1. The Morgan fingerprint density at radius 3 is 2.74 bits per heavy atom. The van der Waals surface area contributed by atoms with Crippen LogP contribution in [0, 0.1) is 5.82 Å². The summed E-state index contributed by atoms with van der Waals surface area (Å²) in [5.74, 6) is -1.64. The number of para-hydroxylation sites is 1. The van der Waals surface area contributed by atoms with Crippen LogP contribution in [-0.4, -0.2) is 49.4 Å². The van der Waals surface area contributed by atoms with Crippen molar-refractivity contribution in [2.45, 2.75) is 11.7 Å². The lowest BCUT2D eigenvalue weighted by molar-refractivity contribution is -0.144. The van der Waals surface area contributed by atoms with Gasteiger partial charge in [-0.3, -0.25) is 9.59 Å². The fourth-order valence-corrected chi connectivity index (χ4v) is 5.45. The van der Waals surface area contributed by atoms with E-state index in [4.69, 9.17) is 4.74 Å². The molecule has 2 rings (SSSR count). The van der Waals surface area contributed by atoms with Crippen LogP contribution in [0.4, 0.5) is 10.1 Å². The fourth-order valence-electron chi connectivity index (χ4n) is 2.01. The fraction of sp³-hybridized carbons (Fsp3) is 0.429. The SMILES string of the molecule is O=C(COC(=O)CS[C@H]1CCS(=O)(=O)C1)Nc1ccccc1F. The molecular formula is C14H16FNO5S2. The number of carbonyl (C=O) groups is 2. The van der Waals surface area contributed by atoms with E-state index in [0.717, 1.165) is 0 Å². The van der Waals surface area contributed by atoms with Crippen molar-refractivity contribution in [3.05, 3.63) is 30.1 Å². The molecule has 1 aliphatic rings. The highest BCUT2D eigenvalue weighted by atomic mass is 32.2. The number of nitrogens with one attached hydrogen (secondary N) is 1. The van der Waals surface area contributed by atoms with Crippen molar-refractivity contribution in [2.75, 3.05) is 29.2 Å². The summed E-state index contributed by atoms with van der Waals surface area (Å²) in [4.78, 5) is 23.1. The Hall–Kier alpha value is -1.61. The van der Waals surface area contributed by atoms with Gasteiger partial charge in [0.15, 0.2) is 16.4 Å². The Morgan fingerprint density at radius 2 is 2.09 bits per heavy atom. The van der Waals surface area contributed by atoms with Crippen LogP contribution in [0.15, 0.2) is 24.3 Å². The summed E-state index contributed by atoms with van der Waals surface area (Å²) >= 11 is 1.21. The molecule has 126 valence electrons. The minimum Gasteiger partial charge on any atom is -0.455 e. The predicted molar refractivity (Wildman–Crippen MR) is 85.5 cm³/mol. The molecule has 0 aliphatic carbocycles. The standard InChI is InChI=1S/C14H16FNO5S2/c15-11-3-1-2-4-12(11)16-13(17)7-21-14(18)8-22-10-5-6-23(19,20)9-10/h1-4,10H,5-9H2,(H,16,17)/t10-/m0/s1. The highest BCUT2D eigenvalue weighted by molar-refractivity contribution is 8.02. The number of rotatable bonds is 6. The van der Waals surface area contributed by atoms with Crippen molar-refractivity contribution in [3.8, 4) is 0 Å². The first-order valence-corrected chi connectivity index (χ1v) is 9.75. The molecule has 1 saturated heterocycles. The van der Waals surface area contributed by atoms with Crippen molar-refractivity contribution < 1.29 is 27.1 Å². The van der Waals surface area contributed by atoms with Gasteiger partial charge in [0.1, 0.15) is 5.82 Å². The van der Waals surface area contributed by atoms with E-state index < -0.39 is 34.1 Å². The van der Waals surface area contributed by atoms with Gasteiger partial charge in [0.2, 0.25) is 0 Å². The highest BCUT2D eigenvalue weighted by Crippen LogP contribution is 2.24. The zero-order valence-electron chi connectivity index (χ0n) is 12.2. The summed E-state index contributed by atoms with van der Waals surface area (Å²) in [6.07, 6.45) is 0.522. The lowest BCUT2D eigenvalue weighted by Gasteiger charge is -2.09. The van der Waals surface area contributed by atoms with Crippen LogP contribution in [0.5, 0.6) is 0 Å². The zero-order valence-corrected chi connectivity index (χ0v) is 13.8. The second-order valence-electron chi connectivity index (χ2n) is 5.02. The van der Waals surface area contributed by atoms with E-state index in [1.807, 2.05) is 0 Å². The van der Waals surface area contributed by atoms with Crippen LogP contribution in [0.25, 0.3) is 0 Å². The summed E-state index contributed by atoms with van der Waals surface area (Å²) in [5, 5.41) is 2.18. The number of halogens is 1. The average molecular weight is 361 g/mol. The van der Waals surface area contributed by atoms with Gasteiger partial charge in [-0.05, 0) is 18.6 Å². The Labute approximate surface area is 137 Å². The number of hydrogen-bond donors (Lipinski definition) is 1. The molecule has 6 nitrogen and oxygen atoms in total. The molecule has 1 N–H and O–H groups in total. The number of sulfone groups is 1. The Balaban J connectivity index is 1.68. The third kappa shape index (κ3) is 5.83. The largest absolute Gasteiger partial charge is 0.455 e. The molecular weight excluding hydrogens is 345 g/mol. The lowest BCUT2D eigenvalue weighted by Crippen LogP contribution is -2.22. The van der Waals surface area contributed by atoms with Gasteiger partial charge in [-0.2, -0.15) is 0 Å². The molecule has 0 saturated carbocycles. The number of benzene rings is 1. The second-order valence-corrected chi connectivity index (χ2v) is 8.54. The molecule has 1 aromatic carbocycles. The van der Waals surface area contributed by atoms with Crippen molar-refractivity contribution >= 4 is 39.2 Å². The first-order chi connectivity index (χ1) is 10.9. The van der Waals surface area contributed by atoms with E-state index in [0.29, 0.717) is 6.42 Å². The summed E-state index contributed by atoms with van der Waals surface area (Å²) in [6, 6.07) is 5.65. The highest BCUT2D eigenvalue weighted by Gasteiger charge is 2.28. The van der Waals surface area contributed by atoms with Crippen molar-refractivity contribution in [3.63, 3.8) is 0 Å². The van der Waals surface area contributed by atoms with Gasteiger partial charge in [0.25, 0.3) is 5.91 Å². The molecule has 0 radical (unpaired) electrons. The van der Waals surface area contributed by atoms with E-state index in [-0.39, 0.29) is 28.2 Å². The van der Waals surface area contributed by atoms with Gasteiger partial charge < -0.3 is 10.1 Å². The topological polar surface area (TPSA) is 89.5 Å². The van der Waals surface area contributed by atoms with E-state index in [9.17, 15) is 22.4 Å². The Bertz CT molecular complexity index is 692. The summed E-state index contributed by atoms with van der Waals surface area (Å²) in [7, 11) is -2.98. The molecule has 1 amide bonds. The van der Waals surface area contributed by atoms with Gasteiger partial charge in [-0.25, -0.2) is 12.8 Å². The molecule has 1 fully saturated rings. The molecule has 1 aromatic rings. The maximum Gasteiger partial charge on any atom is 0.316 e. The number of anilines is 1. The normalized spacial score (nSPS) is 19.3. The predicted octanol–water partition coefficient (Wildman–Crippen LogP) is 1.23. The smallest absolute Gasteiger partial charge is 0.316 e. The first-order valence-electron chi connectivity index (χ1n) is 6.88. The molecule has 9 heteroatoms. The number of amides is 1. The van der Waals surface area contributed by atoms with Gasteiger partial charge in [-0.15, -0.1) is 11.8 Å². The molecule has 23 heavy (non-hydrogen) atoms. The van der Waals surface area contributed by atoms with Crippen LogP contribution < -0.4 is 5.32 Å². The molecule has 0 bridgehead atoms.